The van der Waals surface area contributed by atoms with Gasteiger partial charge in [-0.2, -0.15) is 0 Å². The van der Waals surface area contributed by atoms with Gasteiger partial charge in [-0.1, -0.05) is 274 Å². The van der Waals surface area contributed by atoms with Gasteiger partial charge in [-0.05, 0) is 141 Å². The van der Waals surface area contributed by atoms with Crippen LogP contribution in [-0.2, 0) is 28.6 Å². The molecule has 0 rings (SSSR count). The first-order valence-electron chi connectivity index (χ1n) is 32.6. The predicted octanol–water partition coefficient (Wildman–Crippen LogP) is 22.7. The number of allylic oxidation sites excluding steroid dienone is 28. The van der Waals surface area contributed by atoms with Crippen molar-refractivity contribution in [3.8, 4) is 0 Å². The number of hydrogen-bond donors (Lipinski definition) is 0. The van der Waals surface area contributed by atoms with Gasteiger partial charge >= 0.3 is 17.9 Å². The molecule has 0 bridgehead atoms. The predicted molar refractivity (Wildman–Crippen MR) is 352 cm³/mol. The van der Waals surface area contributed by atoms with Crippen LogP contribution >= 0.6 is 0 Å². The molecule has 1 atom stereocenters. The molecule has 0 spiro atoms. The van der Waals surface area contributed by atoms with Crippen LogP contribution in [0.1, 0.15) is 265 Å². The fourth-order valence-electron chi connectivity index (χ4n) is 8.44. The third-order valence-electron chi connectivity index (χ3n) is 13.2. The SMILES string of the molecule is CC/C=C\C/C=C\C/C=C\C/C=C\C/C=C\C/C=C\CCCCCCCCCCCCCCC(=O)OCC(COC(=O)CCCCCCC/C=C\C/C=C\C/C=C\CC)OC(=O)CCC/C=C\C/C=C\C/C=C\C/C=C\C/C=C\CC. The normalized spacial score (nSPS) is 13.3. The van der Waals surface area contributed by atoms with Crippen molar-refractivity contribution in [2.45, 2.75) is 271 Å². The van der Waals surface area contributed by atoms with Crippen molar-refractivity contribution < 1.29 is 28.6 Å². The highest BCUT2D eigenvalue weighted by Crippen LogP contribution is 2.15. The van der Waals surface area contributed by atoms with Crippen LogP contribution in [-0.4, -0.2) is 37.2 Å². The number of carbonyl (C=O) groups is 3. The zero-order valence-corrected chi connectivity index (χ0v) is 52.0. The van der Waals surface area contributed by atoms with Crippen molar-refractivity contribution in [3.05, 3.63) is 170 Å². The standard InChI is InChI=1S/C75H118O6/c1-4-7-10-13-16-19-22-25-28-30-31-32-33-34-35-36-37-38-39-40-41-42-43-45-47-50-53-56-59-62-65-68-74(77)80-71-72(70-79-73(76)67-64-61-58-55-52-49-46-27-24-21-18-15-12-9-6-3)81-75(78)69-66-63-60-57-54-51-48-44-29-26-23-20-17-14-11-8-5-2/h7-12,16-21,25-29,31-32,34-35,37-38,46,48,51,57,60,72H,4-6,13-15,22-24,30,33,36,39-45,47,49-50,52-56,58-59,61-71H2,1-3H3/b10-7-,11-8-,12-9-,19-16-,20-17-,21-18-,28-25-,29-26-,32-31-,35-34-,38-37-,46-27-,51-48-,60-57-. The van der Waals surface area contributed by atoms with Gasteiger partial charge in [0.2, 0.25) is 0 Å². The average molecular weight is 1120 g/mol. The molecule has 0 aliphatic rings. The molecule has 0 radical (unpaired) electrons. The van der Waals surface area contributed by atoms with Gasteiger partial charge < -0.3 is 14.2 Å². The van der Waals surface area contributed by atoms with E-state index in [1.54, 1.807) is 0 Å². The Morgan fingerprint density at radius 2 is 0.457 bits per heavy atom. The molecule has 81 heavy (non-hydrogen) atoms. The van der Waals surface area contributed by atoms with E-state index in [9.17, 15) is 14.4 Å². The molecule has 0 aromatic heterocycles. The molecule has 6 nitrogen and oxygen atoms in total. The number of carbonyl (C=O) groups excluding carboxylic acids is 3. The molecule has 0 aromatic carbocycles. The van der Waals surface area contributed by atoms with Gasteiger partial charge in [-0.15, -0.1) is 0 Å². The van der Waals surface area contributed by atoms with Crippen molar-refractivity contribution in [1.82, 2.24) is 0 Å². The average Bonchev–Trinajstić information content (AvgIpc) is 3.47. The fraction of sp³-hybridized carbons (Fsp3) is 0.587. The van der Waals surface area contributed by atoms with E-state index in [4.69, 9.17) is 14.2 Å². The Morgan fingerprint density at radius 3 is 0.728 bits per heavy atom. The van der Waals surface area contributed by atoms with Crippen LogP contribution < -0.4 is 0 Å². The summed E-state index contributed by atoms with van der Waals surface area (Å²) >= 11 is 0. The van der Waals surface area contributed by atoms with Gasteiger partial charge in [0, 0.05) is 19.3 Å². The van der Waals surface area contributed by atoms with Gasteiger partial charge in [0.25, 0.3) is 0 Å². The van der Waals surface area contributed by atoms with Gasteiger partial charge in [-0.25, -0.2) is 0 Å². The molecule has 0 aliphatic carbocycles. The van der Waals surface area contributed by atoms with Crippen LogP contribution in [0.4, 0.5) is 0 Å². The molecule has 0 aromatic rings. The lowest BCUT2D eigenvalue weighted by Gasteiger charge is -2.18. The summed E-state index contributed by atoms with van der Waals surface area (Å²) < 4.78 is 16.9. The highest BCUT2D eigenvalue weighted by molar-refractivity contribution is 5.71. The van der Waals surface area contributed by atoms with Crippen LogP contribution in [0.3, 0.4) is 0 Å². The van der Waals surface area contributed by atoms with Crippen molar-refractivity contribution in [3.63, 3.8) is 0 Å². The van der Waals surface area contributed by atoms with E-state index >= 15 is 0 Å². The Labute approximate surface area is 498 Å². The molecule has 0 saturated heterocycles. The van der Waals surface area contributed by atoms with Gasteiger partial charge in [0.05, 0.1) is 0 Å². The summed E-state index contributed by atoms with van der Waals surface area (Å²) in [6.07, 6.45) is 99.4. The number of unbranched alkanes of at least 4 members (excludes halogenated alkanes) is 18. The first kappa shape index (κ1) is 75.8. The van der Waals surface area contributed by atoms with E-state index in [-0.39, 0.29) is 37.5 Å². The molecule has 0 fully saturated rings. The molecule has 1 unspecified atom stereocenters. The minimum absolute atomic E-state index is 0.114. The second-order valence-corrected chi connectivity index (χ2v) is 20.9. The van der Waals surface area contributed by atoms with Crippen LogP contribution in [0.15, 0.2) is 170 Å². The largest absolute Gasteiger partial charge is 0.462 e. The molecule has 454 valence electrons. The summed E-state index contributed by atoms with van der Waals surface area (Å²) in [6.45, 7) is 6.23. The van der Waals surface area contributed by atoms with Crippen molar-refractivity contribution in [1.29, 1.82) is 0 Å². The van der Waals surface area contributed by atoms with E-state index in [2.05, 4.69) is 191 Å². The van der Waals surface area contributed by atoms with E-state index in [1.807, 2.05) is 0 Å². The molecular weight excluding hydrogens is 997 g/mol. The summed E-state index contributed by atoms with van der Waals surface area (Å²) in [7, 11) is 0. The third kappa shape index (κ3) is 65.5. The highest BCUT2D eigenvalue weighted by atomic mass is 16.6. The summed E-state index contributed by atoms with van der Waals surface area (Å²) in [5, 5.41) is 0. The van der Waals surface area contributed by atoms with Crippen LogP contribution in [0.2, 0.25) is 0 Å². The van der Waals surface area contributed by atoms with Gasteiger partial charge in [0.1, 0.15) is 13.2 Å². The minimum Gasteiger partial charge on any atom is -0.462 e. The highest BCUT2D eigenvalue weighted by Gasteiger charge is 2.19. The summed E-state index contributed by atoms with van der Waals surface area (Å²) in [5.41, 5.74) is 0. The maximum absolute atomic E-state index is 12.9. The van der Waals surface area contributed by atoms with E-state index in [1.165, 1.54) is 64.2 Å². The zero-order chi connectivity index (χ0) is 58.5. The Bertz CT molecular complexity index is 1860. The van der Waals surface area contributed by atoms with Crippen molar-refractivity contribution in [2.24, 2.45) is 0 Å². The van der Waals surface area contributed by atoms with Crippen LogP contribution in [0, 0.1) is 0 Å². The smallest absolute Gasteiger partial charge is 0.306 e. The quantitative estimate of drug-likeness (QED) is 0.0261. The summed E-state index contributed by atoms with van der Waals surface area (Å²) in [4.78, 5) is 38.3. The first-order chi connectivity index (χ1) is 40.0. The Morgan fingerprint density at radius 1 is 0.247 bits per heavy atom. The Kier molecular flexibility index (Phi) is 62.9. The lowest BCUT2D eigenvalue weighted by atomic mass is 10.0. The van der Waals surface area contributed by atoms with Crippen molar-refractivity contribution >= 4 is 17.9 Å². The topological polar surface area (TPSA) is 78.9 Å². The number of esters is 3. The minimum atomic E-state index is -0.825. The van der Waals surface area contributed by atoms with Crippen molar-refractivity contribution in [2.75, 3.05) is 13.2 Å². The zero-order valence-electron chi connectivity index (χ0n) is 52.0. The lowest BCUT2D eigenvalue weighted by Crippen LogP contribution is -2.30. The molecule has 0 heterocycles. The number of rotatable bonds is 57. The van der Waals surface area contributed by atoms with Gasteiger partial charge in [-0.3, -0.25) is 14.4 Å². The maximum Gasteiger partial charge on any atom is 0.306 e. The molecule has 0 N–H and O–H groups in total. The maximum atomic E-state index is 12.9. The molecule has 0 saturated carbocycles. The molecule has 6 heteroatoms. The number of hydrogen-bond acceptors (Lipinski definition) is 6. The third-order valence-corrected chi connectivity index (χ3v) is 13.2. The fourth-order valence-corrected chi connectivity index (χ4v) is 8.44. The second-order valence-electron chi connectivity index (χ2n) is 20.9. The van der Waals surface area contributed by atoms with E-state index in [0.717, 1.165) is 154 Å². The lowest BCUT2D eigenvalue weighted by molar-refractivity contribution is -0.167. The van der Waals surface area contributed by atoms with Crippen LogP contribution in [0.25, 0.3) is 0 Å². The summed E-state index contributed by atoms with van der Waals surface area (Å²) in [5.74, 6) is -0.996. The Hall–Kier alpha value is -5.23. The van der Waals surface area contributed by atoms with Crippen LogP contribution in [0.5, 0.6) is 0 Å². The monoisotopic (exact) mass is 1110 g/mol. The van der Waals surface area contributed by atoms with E-state index < -0.39 is 6.10 Å². The summed E-state index contributed by atoms with van der Waals surface area (Å²) in [6, 6.07) is 0. The molecular formula is C75H118O6. The first-order valence-corrected chi connectivity index (χ1v) is 32.6. The molecule has 0 amide bonds. The molecule has 0 aliphatic heterocycles. The second kappa shape index (κ2) is 67.3. The number of ether oxygens (including phenoxy) is 3. The Balaban J connectivity index is 4.37. The van der Waals surface area contributed by atoms with Gasteiger partial charge in [0.15, 0.2) is 6.10 Å². The van der Waals surface area contributed by atoms with E-state index in [0.29, 0.717) is 19.3 Å².